The molecule has 0 bridgehead atoms. The molecule has 0 aliphatic carbocycles. The van der Waals surface area contributed by atoms with Crippen LogP contribution in [0.5, 0.6) is 11.5 Å². The van der Waals surface area contributed by atoms with E-state index in [1.165, 1.54) is 0 Å². The molecule has 3 aromatic rings. The summed E-state index contributed by atoms with van der Waals surface area (Å²) < 4.78 is 13.5. The maximum atomic E-state index is 13.6. The van der Waals surface area contributed by atoms with E-state index in [1.807, 2.05) is 47.5 Å². The predicted octanol–water partition coefficient (Wildman–Crippen LogP) is 4.86. The molecule has 1 fully saturated rings. The number of hydrogen-bond donors (Lipinski definition) is 1. The van der Waals surface area contributed by atoms with E-state index in [1.54, 1.807) is 23.3 Å². The van der Waals surface area contributed by atoms with Gasteiger partial charge in [-0.1, -0.05) is 11.6 Å². The Balaban J connectivity index is 1.62. The molecule has 1 amide bonds. The standard InChI is InChI=1S/C26H27N3O5S/c1-15(2)10-17-11-19-22(12-21(17)33-3)34-13-20-23(27-29(24(19)20)18-6-9-35-14-18)25(30)28-7-4-16(5-8-28)26(31)32/h6,9-12,14,16H,4-5,7-8,13H2,1-3H3,(H,31,32). The first-order valence-corrected chi connectivity index (χ1v) is 12.5. The van der Waals surface area contributed by atoms with E-state index in [4.69, 9.17) is 14.6 Å². The van der Waals surface area contributed by atoms with Crippen LogP contribution in [-0.4, -0.2) is 51.9 Å². The van der Waals surface area contributed by atoms with Crippen LogP contribution in [0.15, 0.2) is 34.5 Å². The maximum Gasteiger partial charge on any atom is 0.306 e. The molecule has 2 aliphatic rings. The highest BCUT2D eigenvalue weighted by molar-refractivity contribution is 7.08. The first-order chi connectivity index (χ1) is 16.9. The van der Waals surface area contributed by atoms with E-state index in [-0.39, 0.29) is 12.5 Å². The number of methoxy groups -OCH3 is 1. The molecule has 0 unspecified atom stereocenters. The predicted molar refractivity (Wildman–Crippen MR) is 133 cm³/mol. The topological polar surface area (TPSA) is 93.9 Å². The minimum Gasteiger partial charge on any atom is -0.496 e. The number of fused-ring (bicyclic) bond motifs is 3. The Morgan fingerprint density at radius 3 is 2.66 bits per heavy atom. The van der Waals surface area contributed by atoms with Crippen LogP contribution in [0.3, 0.4) is 0 Å². The third-order valence-electron chi connectivity index (χ3n) is 6.47. The summed E-state index contributed by atoms with van der Waals surface area (Å²) in [5, 5.41) is 18.1. The number of aromatic nitrogens is 2. The van der Waals surface area contributed by atoms with E-state index < -0.39 is 11.9 Å². The van der Waals surface area contributed by atoms with Crippen molar-refractivity contribution in [2.24, 2.45) is 5.92 Å². The molecule has 182 valence electrons. The summed E-state index contributed by atoms with van der Waals surface area (Å²) in [5.74, 6) is -0.00602. The average molecular weight is 494 g/mol. The molecule has 9 heteroatoms. The van der Waals surface area contributed by atoms with Crippen LogP contribution >= 0.6 is 11.3 Å². The molecule has 2 aromatic heterocycles. The number of thiophene rings is 1. The Labute approximate surface area is 207 Å². The lowest BCUT2D eigenvalue weighted by Gasteiger charge is -2.30. The summed E-state index contributed by atoms with van der Waals surface area (Å²) in [4.78, 5) is 26.6. The molecule has 35 heavy (non-hydrogen) atoms. The van der Waals surface area contributed by atoms with Gasteiger partial charge in [-0.2, -0.15) is 16.4 Å². The lowest BCUT2D eigenvalue weighted by molar-refractivity contribution is -0.143. The molecule has 0 spiro atoms. The van der Waals surface area contributed by atoms with Gasteiger partial charge >= 0.3 is 5.97 Å². The average Bonchev–Trinajstić information content (AvgIpc) is 3.51. The number of carboxylic acid groups (broad SMARTS) is 1. The van der Waals surface area contributed by atoms with Gasteiger partial charge in [0.15, 0.2) is 5.69 Å². The zero-order chi connectivity index (χ0) is 24.7. The Bertz CT molecular complexity index is 1310. The highest BCUT2D eigenvalue weighted by Gasteiger charge is 2.35. The van der Waals surface area contributed by atoms with Gasteiger partial charge in [-0.25, -0.2) is 4.68 Å². The number of carboxylic acids is 1. The van der Waals surface area contributed by atoms with Gasteiger partial charge in [-0.3, -0.25) is 9.59 Å². The second kappa shape index (κ2) is 9.22. The molecule has 4 heterocycles. The molecule has 1 saturated heterocycles. The van der Waals surface area contributed by atoms with Crippen molar-refractivity contribution in [3.05, 3.63) is 51.4 Å². The van der Waals surface area contributed by atoms with E-state index in [0.717, 1.165) is 33.6 Å². The number of carbonyl (C=O) groups excluding carboxylic acids is 1. The fourth-order valence-corrected chi connectivity index (χ4v) is 5.33. The van der Waals surface area contributed by atoms with Crippen molar-refractivity contribution >= 4 is 29.3 Å². The summed E-state index contributed by atoms with van der Waals surface area (Å²) in [7, 11) is 1.64. The normalized spacial score (nSPS) is 15.1. The van der Waals surface area contributed by atoms with Crippen LogP contribution in [0.4, 0.5) is 0 Å². The number of piperidine rings is 1. The zero-order valence-corrected chi connectivity index (χ0v) is 20.7. The number of amides is 1. The monoisotopic (exact) mass is 493 g/mol. The third kappa shape index (κ3) is 4.20. The van der Waals surface area contributed by atoms with Crippen LogP contribution in [0.2, 0.25) is 0 Å². The van der Waals surface area contributed by atoms with Crippen LogP contribution in [0, 0.1) is 5.92 Å². The second-order valence-corrected chi connectivity index (χ2v) is 9.85. The number of benzene rings is 1. The second-order valence-electron chi connectivity index (χ2n) is 9.07. The Kier molecular flexibility index (Phi) is 6.10. The smallest absolute Gasteiger partial charge is 0.306 e. The maximum absolute atomic E-state index is 13.6. The van der Waals surface area contributed by atoms with Crippen molar-refractivity contribution in [2.45, 2.75) is 33.3 Å². The van der Waals surface area contributed by atoms with Crippen molar-refractivity contribution in [2.75, 3.05) is 20.2 Å². The van der Waals surface area contributed by atoms with Crippen molar-refractivity contribution in [1.29, 1.82) is 0 Å². The highest BCUT2D eigenvalue weighted by atomic mass is 32.1. The summed E-state index contributed by atoms with van der Waals surface area (Å²) in [6.07, 6.45) is 2.94. The molecule has 0 radical (unpaired) electrons. The molecule has 8 nitrogen and oxygen atoms in total. The van der Waals surface area contributed by atoms with Crippen LogP contribution < -0.4 is 9.47 Å². The molecule has 1 N–H and O–H groups in total. The van der Waals surface area contributed by atoms with E-state index in [0.29, 0.717) is 43.1 Å². The minimum absolute atomic E-state index is 0.191. The van der Waals surface area contributed by atoms with Gasteiger partial charge in [-0.15, -0.1) is 0 Å². The van der Waals surface area contributed by atoms with Crippen molar-refractivity contribution < 1.29 is 24.2 Å². The summed E-state index contributed by atoms with van der Waals surface area (Å²) >= 11 is 1.56. The van der Waals surface area contributed by atoms with Gasteiger partial charge in [0.05, 0.1) is 24.4 Å². The molecular formula is C26H27N3O5S. The summed E-state index contributed by atoms with van der Waals surface area (Å²) in [6.45, 7) is 5.07. The highest BCUT2D eigenvalue weighted by Crippen LogP contribution is 2.44. The molecule has 5 rings (SSSR count). The van der Waals surface area contributed by atoms with Gasteiger partial charge in [-0.05, 0) is 44.2 Å². The van der Waals surface area contributed by atoms with Crippen molar-refractivity contribution in [3.8, 4) is 28.4 Å². The number of aliphatic carboxylic acids is 1. The largest absolute Gasteiger partial charge is 0.496 e. The lowest BCUT2D eigenvalue weighted by Crippen LogP contribution is -2.40. The van der Waals surface area contributed by atoms with Crippen LogP contribution in [0.1, 0.15) is 48.3 Å². The van der Waals surface area contributed by atoms with Crippen molar-refractivity contribution in [3.63, 3.8) is 0 Å². The van der Waals surface area contributed by atoms with Gasteiger partial charge in [0.25, 0.3) is 5.91 Å². The fourth-order valence-electron chi connectivity index (χ4n) is 4.71. The number of carbonyl (C=O) groups is 2. The van der Waals surface area contributed by atoms with Gasteiger partial charge in [0.2, 0.25) is 0 Å². The SMILES string of the molecule is COc1cc2c(cc1C=C(C)C)-c1c(c(C(=O)N3CCC(C(=O)O)CC3)nn1-c1ccsc1)CO2. The van der Waals surface area contributed by atoms with Gasteiger partial charge < -0.3 is 19.5 Å². The summed E-state index contributed by atoms with van der Waals surface area (Å²) in [5.41, 5.74) is 5.70. The van der Waals surface area contributed by atoms with Gasteiger partial charge in [0.1, 0.15) is 18.1 Å². The van der Waals surface area contributed by atoms with Crippen molar-refractivity contribution in [1.82, 2.24) is 14.7 Å². The third-order valence-corrected chi connectivity index (χ3v) is 7.14. The lowest BCUT2D eigenvalue weighted by atomic mass is 9.96. The number of hydrogen-bond acceptors (Lipinski definition) is 6. The number of ether oxygens (including phenoxy) is 2. The molecule has 2 aliphatic heterocycles. The quantitative estimate of drug-likeness (QED) is 0.546. The molecular weight excluding hydrogens is 466 g/mol. The first kappa shape index (κ1) is 23.2. The van der Waals surface area contributed by atoms with Crippen LogP contribution in [-0.2, 0) is 11.4 Å². The van der Waals surface area contributed by atoms with E-state index >= 15 is 0 Å². The van der Waals surface area contributed by atoms with Gasteiger partial charge in [0, 0.05) is 41.2 Å². The minimum atomic E-state index is -0.802. The number of likely N-dealkylation sites (tertiary alicyclic amines) is 1. The number of nitrogens with zero attached hydrogens (tertiary/aromatic N) is 3. The van der Waals surface area contributed by atoms with E-state index in [2.05, 4.69) is 6.08 Å². The molecule has 1 aromatic carbocycles. The number of rotatable bonds is 5. The number of allylic oxidation sites excluding steroid dienone is 1. The molecule has 0 saturated carbocycles. The molecule has 0 atom stereocenters. The zero-order valence-electron chi connectivity index (χ0n) is 19.9. The Morgan fingerprint density at radius 2 is 2.03 bits per heavy atom. The fraction of sp³-hybridized carbons (Fsp3) is 0.346. The Hall–Kier alpha value is -3.59. The Morgan fingerprint density at radius 1 is 1.26 bits per heavy atom. The van der Waals surface area contributed by atoms with Crippen LogP contribution in [0.25, 0.3) is 23.0 Å². The first-order valence-electron chi connectivity index (χ1n) is 11.5. The van der Waals surface area contributed by atoms with E-state index in [9.17, 15) is 14.7 Å². The summed E-state index contributed by atoms with van der Waals surface area (Å²) in [6, 6.07) is 5.88.